The van der Waals surface area contributed by atoms with Gasteiger partial charge >= 0.3 is 0 Å². The molecule has 0 aliphatic rings. The van der Waals surface area contributed by atoms with E-state index in [0.717, 1.165) is 12.8 Å². The molecule has 0 amide bonds. The standard InChI is InChI=1S/2C12H27N.C5H10O2.C4H8O2/c2*1-4-7-10-13(11-8-5-2)12-9-6-3;1-2-3-4-5(6)7;1-2-3-4(5)6/h2*4-12H2,1-3H3;2-4H2,1H3,(H,6,7);2-3H2,1H3,(H,5,6). The molecule has 0 saturated heterocycles. The van der Waals surface area contributed by atoms with Crippen molar-refractivity contribution in [1.82, 2.24) is 0 Å². The van der Waals surface area contributed by atoms with Crippen LogP contribution in [-0.2, 0) is 9.59 Å². The third kappa shape index (κ3) is 50.2. The Balaban J connectivity index is -0.000000221. The third-order valence-electron chi connectivity index (χ3n) is 6.49. The minimum absolute atomic E-state index is 0.181. The van der Waals surface area contributed by atoms with E-state index in [2.05, 4.69) is 41.5 Å². The fraction of sp³-hybridized carbons (Fsp3) is 0.939. The summed E-state index contributed by atoms with van der Waals surface area (Å²) in [5.74, 6) is -1.90. The van der Waals surface area contributed by atoms with Crippen molar-refractivity contribution in [3.8, 4) is 0 Å². The fourth-order valence-corrected chi connectivity index (χ4v) is 3.84. The summed E-state index contributed by atoms with van der Waals surface area (Å²) in [5, 5.41) is 19.1. The summed E-state index contributed by atoms with van der Waals surface area (Å²) in [4.78, 5) is 22.8. The highest BCUT2D eigenvalue weighted by Gasteiger charge is 2.06. The summed E-state index contributed by atoms with van der Waals surface area (Å²) < 4.78 is 0. The van der Waals surface area contributed by atoms with Gasteiger partial charge in [-0.3, -0.25) is 0 Å². The SMILES string of the molecule is CCCC(=O)[O-].CCCCC(=O)[O-].CCCC[NH+](CCCC)CCCC.CCCC[NH+](CCCC)CCCC. The Labute approximate surface area is 245 Å². The molecule has 0 aromatic heterocycles. The highest BCUT2D eigenvalue weighted by Crippen LogP contribution is 1.90. The number of aliphatic carboxylic acids is 2. The zero-order valence-corrected chi connectivity index (χ0v) is 27.9. The number of carbonyl (C=O) groups excluding carboxylic acids is 2. The molecule has 6 heteroatoms. The lowest BCUT2D eigenvalue weighted by Crippen LogP contribution is -3.12. The second kappa shape index (κ2) is 41.3. The molecule has 2 N–H and O–H groups in total. The van der Waals surface area contributed by atoms with E-state index in [1.165, 1.54) is 116 Å². The van der Waals surface area contributed by atoms with Crippen LogP contribution in [0.5, 0.6) is 0 Å². The molecule has 0 spiro atoms. The molecule has 0 aromatic rings. The van der Waals surface area contributed by atoms with Gasteiger partial charge in [0.25, 0.3) is 0 Å². The van der Waals surface area contributed by atoms with E-state index in [0.29, 0.717) is 6.42 Å². The number of unbranched alkanes of at least 4 members (excludes halogenated alkanes) is 7. The largest absolute Gasteiger partial charge is 0.550 e. The van der Waals surface area contributed by atoms with Gasteiger partial charge < -0.3 is 29.6 Å². The first-order chi connectivity index (χ1) is 18.7. The van der Waals surface area contributed by atoms with Crippen LogP contribution in [-0.4, -0.2) is 51.2 Å². The first-order valence-electron chi connectivity index (χ1n) is 16.8. The first kappa shape index (κ1) is 44.9. The highest BCUT2D eigenvalue weighted by molar-refractivity contribution is 5.64. The summed E-state index contributed by atoms with van der Waals surface area (Å²) >= 11 is 0. The Kier molecular flexibility index (Phi) is 47.6. The van der Waals surface area contributed by atoms with Gasteiger partial charge in [-0.1, -0.05) is 107 Å². The number of carboxylic acids is 2. The normalized spacial score (nSPS) is 10.2. The van der Waals surface area contributed by atoms with Crippen LogP contribution in [0.3, 0.4) is 0 Å². The molecule has 0 bridgehead atoms. The highest BCUT2D eigenvalue weighted by atomic mass is 16.4. The van der Waals surface area contributed by atoms with Gasteiger partial charge in [-0.15, -0.1) is 0 Å². The summed E-state index contributed by atoms with van der Waals surface area (Å²) in [6, 6.07) is 0. The molecule has 0 fully saturated rings. The third-order valence-corrected chi connectivity index (χ3v) is 6.49. The maximum Gasteiger partial charge on any atom is 0.0770 e. The molecule has 0 aromatic carbocycles. The molecular weight excluding hydrogens is 488 g/mol. The minimum atomic E-state index is -0.961. The van der Waals surface area contributed by atoms with E-state index in [9.17, 15) is 19.8 Å². The molecule has 0 aliphatic heterocycles. The van der Waals surface area contributed by atoms with E-state index in [4.69, 9.17) is 0 Å². The van der Waals surface area contributed by atoms with E-state index >= 15 is 0 Å². The summed E-state index contributed by atoms with van der Waals surface area (Å²) in [5.41, 5.74) is 0. The summed E-state index contributed by atoms with van der Waals surface area (Å²) in [6.07, 6.45) is 19.2. The lowest BCUT2D eigenvalue weighted by molar-refractivity contribution is -0.900. The maximum absolute atomic E-state index is 9.65. The smallest absolute Gasteiger partial charge is 0.0770 e. The Morgan fingerprint density at radius 1 is 0.385 bits per heavy atom. The predicted octanol–water partition coefficient (Wildman–Crippen LogP) is 4.01. The first-order valence-corrected chi connectivity index (χ1v) is 16.8. The van der Waals surface area contributed by atoms with Crippen molar-refractivity contribution in [1.29, 1.82) is 0 Å². The van der Waals surface area contributed by atoms with Gasteiger partial charge in [0.2, 0.25) is 0 Å². The lowest BCUT2D eigenvalue weighted by atomic mass is 10.2. The average molecular weight is 561 g/mol. The zero-order chi connectivity index (χ0) is 30.6. The van der Waals surface area contributed by atoms with Crippen LogP contribution in [0.25, 0.3) is 0 Å². The molecule has 0 heterocycles. The fourth-order valence-electron chi connectivity index (χ4n) is 3.84. The number of carboxylic acid groups (broad SMARTS) is 2. The molecule has 0 saturated carbocycles. The van der Waals surface area contributed by atoms with Crippen molar-refractivity contribution in [3.05, 3.63) is 0 Å². The monoisotopic (exact) mass is 561 g/mol. The molecule has 0 atom stereocenters. The van der Waals surface area contributed by atoms with Crippen molar-refractivity contribution in [2.75, 3.05) is 39.3 Å². The summed E-state index contributed by atoms with van der Waals surface area (Å²) in [6.45, 7) is 25.9. The molecular formula is C33H72N2O4. The molecule has 39 heavy (non-hydrogen) atoms. The van der Waals surface area contributed by atoms with E-state index in [1.807, 2.05) is 16.7 Å². The van der Waals surface area contributed by atoms with Crippen molar-refractivity contribution >= 4 is 11.9 Å². The van der Waals surface area contributed by atoms with Crippen LogP contribution in [0.4, 0.5) is 0 Å². The molecule has 238 valence electrons. The van der Waals surface area contributed by atoms with Crippen molar-refractivity contribution in [2.24, 2.45) is 0 Å². The van der Waals surface area contributed by atoms with Crippen LogP contribution < -0.4 is 20.0 Å². The van der Waals surface area contributed by atoms with Gasteiger partial charge in [-0.2, -0.15) is 0 Å². The number of nitrogens with one attached hydrogen (secondary N) is 2. The Hall–Kier alpha value is -1.14. The van der Waals surface area contributed by atoms with Crippen molar-refractivity contribution < 1.29 is 29.6 Å². The van der Waals surface area contributed by atoms with Crippen LogP contribution >= 0.6 is 0 Å². The van der Waals surface area contributed by atoms with Gasteiger partial charge in [-0.25, -0.2) is 0 Å². The van der Waals surface area contributed by atoms with Gasteiger partial charge in [0.05, 0.1) is 39.3 Å². The Morgan fingerprint density at radius 3 is 0.718 bits per heavy atom. The van der Waals surface area contributed by atoms with E-state index < -0.39 is 11.9 Å². The van der Waals surface area contributed by atoms with Crippen molar-refractivity contribution in [3.63, 3.8) is 0 Å². The van der Waals surface area contributed by atoms with Crippen LogP contribution in [0.1, 0.15) is 165 Å². The quantitative estimate of drug-likeness (QED) is 0.198. The molecule has 0 radical (unpaired) electrons. The van der Waals surface area contributed by atoms with Gasteiger partial charge in [0.1, 0.15) is 0 Å². The van der Waals surface area contributed by atoms with Crippen LogP contribution in [0.2, 0.25) is 0 Å². The predicted molar refractivity (Wildman–Crippen MR) is 165 cm³/mol. The molecule has 0 rings (SSSR count). The van der Waals surface area contributed by atoms with Crippen molar-refractivity contribution in [2.45, 2.75) is 165 Å². The summed E-state index contributed by atoms with van der Waals surface area (Å²) in [7, 11) is 0. The minimum Gasteiger partial charge on any atom is -0.550 e. The maximum atomic E-state index is 9.65. The van der Waals surface area contributed by atoms with Gasteiger partial charge in [-0.05, 0) is 57.8 Å². The Bertz CT molecular complexity index is 399. The second-order valence-corrected chi connectivity index (χ2v) is 10.7. The topological polar surface area (TPSA) is 89.1 Å². The lowest BCUT2D eigenvalue weighted by Gasteiger charge is -2.18. The van der Waals surface area contributed by atoms with E-state index in [-0.39, 0.29) is 12.8 Å². The molecule has 6 nitrogen and oxygen atoms in total. The number of hydrogen-bond donors (Lipinski definition) is 2. The van der Waals surface area contributed by atoms with Crippen LogP contribution in [0, 0.1) is 0 Å². The molecule has 0 aliphatic carbocycles. The van der Waals surface area contributed by atoms with Crippen LogP contribution in [0.15, 0.2) is 0 Å². The number of carbonyl (C=O) groups is 2. The van der Waals surface area contributed by atoms with Gasteiger partial charge in [0.15, 0.2) is 0 Å². The number of quaternary nitrogens is 2. The number of hydrogen-bond acceptors (Lipinski definition) is 4. The average Bonchev–Trinajstić information content (AvgIpc) is 2.92. The van der Waals surface area contributed by atoms with E-state index in [1.54, 1.807) is 6.92 Å². The molecule has 0 unspecified atom stereocenters. The number of rotatable bonds is 23. The second-order valence-electron chi connectivity index (χ2n) is 10.7. The zero-order valence-electron chi connectivity index (χ0n) is 27.9. The Morgan fingerprint density at radius 2 is 0.615 bits per heavy atom. The van der Waals surface area contributed by atoms with Gasteiger partial charge in [0, 0.05) is 11.9 Å².